The average molecular weight is 512 g/mol. The van der Waals surface area contributed by atoms with Crippen molar-refractivity contribution in [2.75, 3.05) is 20.2 Å². The Morgan fingerprint density at radius 2 is 1.73 bits per heavy atom. The number of methoxy groups -OCH3 is 1. The summed E-state index contributed by atoms with van der Waals surface area (Å²) in [5.41, 5.74) is 2.48. The van der Waals surface area contributed by atoms with E-state index in [1.165, 1.54) is 10.1 Å². The Balaban J connectivity index is 1.39. The molecule has 6 nitrogen and oxygen atoms in total. The van der Waals surface area contributed by atoms with Gasteiger partial charge in [0.2, 0.25) is 0 Å². The Morgan fingerprint density at radius 3 is 2.42 bits per heavy atom. The maximum absolute atomic E-state index is 12.9. The van der Waals surface area contributed by atoms with Crippen molar-refractivity contribution in [2.45, 2.75) is 32.4 Å². The van der Waals surface area contributed by atoms with Crippen LogP contribution in [0, 0.1) is 5.92 Å². The van der Waals surface area contributed by atoms with E-state index in [1.807, 2.05) is 42.5 Å². The van der Waals surface area contributed by atoms with Crippen molar-refractivity contribution >= 4 is 15.9 Å². The molecule has 2 heterocycles. The number of rotatable bonds is 7. The van der Waals surface area contributed by atoms with E-state index in [4.69, 9.17) is 4.74 Å². The van der Waals surface area contributed by atoms with Gasteiger partial charge >= 0.3 is 5.69 Å². The summed E-state index contributed by atoms with van der Waals surface area (Å²) in [6, 6.07) is 17.3. The summed E-state index contributed by atoms with van der Waals surface area (Å²) in [5.74, 6) is 1.49. The van der Waals surface area contributed by atoms with Crippen molar-refractivity contribution in [2.24, 2.45) is 13.0 Å². The first-order valence-corrected chi connectivity index (χ1v) is 12.1. The second-order valence-electron chi connectivity index (χ2n) is 8.77. The molecule has 1 fully saturated rings. The van der Waals surface area contributed by atoms with Crippen molar-refractivity contribution in [1.29, 1.82) is 0 Å². The molecule has 0 radical (unpaired) electrons. The fraction of sp³-hybridized carbons (Fsp3) is 0.385. The number of likely N-dealkylation sites (tertiary alicyclic amines) is 1. The van der Waals surface area contributed by atoms with Gasteiger partial charge in [0.15, 0.2) is 0 Å². The molecule has 1 aromatic heterocycles. The van der Waals surface area contributed by atoms with Crippen LogP contribution >= 0.6 is 15.9 Å². The molecule has 0 spiro atoms. The van der Waals surface area contributed by atoms with Gasteiger partial charge < -0.3 is 4.74 Å². The van der Waals surface area contributed by atoms with E-state index in [1.54, 1.807) is 24.8 Å². The third-order valence-corrected chi connectivity index (χ3v) is 7.32. The van der Waals surface area contributed by atoms with Gasteiger partial charge in [-0.3, -0.25) is 18.8 Å². The van der Waals surface area contributed by atoms with Crippen LogP contribution in [0.2, 0.25) is 0 Å². The molecule has 0 atom stereocenters. The summed E-state index contributed by atoms with van der Waals surface area (Å²) >= 11 is 3.66. The average Bonchev–Trinajstić information content (AvgIpc) is 2.83. The Bertz CT molecular complexity index is 1210. The molecule has 2 aromatic carbocycles. The lowest BCUT2D eigenvalue weighted by atomic mass is 9.90. The van der Waals surface area contributed by atoms with Crippen molar-refractivity contribution in [3.8, 4) is 5.75 Å². The van der Waals surface area contributed by atoms with E-state index in [2.05, 4.69) is 26.9 Å². The van der Waals surface area contributed by atoms with Gasteiger partial charge in [-0.2, -0.15) is 0 Å². The molecule has 33 heavy (non-hydrogen) atoms. The zero-order valence-electron chi connectivity index (χ0n) is 19.2. The number of piperidine rings is 1. The van der Waals surface area contributed by atoms with E-state index in [0.717, 1.165) is 53.8 Å². The van der Waals surface area contributed by atoms with Crippen LogP contribution in [-0.4, -0.2) is 34.2 Å². The summed E-state index contributed by atoms with van der Waals surface area (Å²) in [4.78, 5) is 27.9. The third kappa shape index (κ3) is 5.65. The van der Waals surface area contributed by atoms with E-state index in [9.17, 15) is 9.59 Å². The molecule has 7 heteroatoms. The number of ether oxygens (including phenoxy) is 1. The van der Waals surface area contributed by atoms with Crippen LogP contribution in [0.5, 0.6) is 5.75 Å². The van der Waals surface area contributed by atoms with Crippen molar-refractivity contribution in [1.82, 2.24) is 14.0 Å². The number of hydrogen-bond acceptors (Lipinski definition) is 4. The lowest BCUT2D eigenvalue weighted by molar-refractivity contribution is 0.173. The minimum atomic E-state index is -0.265. The van der Waals surface area contributed by atoms with Crippen LogP contribution in [0.15, 0.2) is 68.7 Å². The van der Waals surface area contributed by atoms with Gasteiger partial charge in [-0.25, -0.2) is 4.79 Å². The summed E-state index contributed by atoms with van der Waals surface area (Å²) in [6.07, 6.45) is 3.19. The molecule has 1 aliphatic heterocycles. The van der Waals surface area contributed by atoms with Gasteiger partial charge in [0.1, 0.15) is 5.75 Å². The molecule has 0 N–H and O–H groups in total. The Labute approximate surface area is 202 Å². The summed E-state index contributed by atoms with van der Waals surface area (Å²) < 4.78 is 9.41. The van der Waals surface area contributed by atoms with Gasteiger partial charge in [0.05, 0.1) is 13.7 Å². The molecule has 1 aliphatic rings. The number of benzene rings is 2. The fourth-order valence-electron chi connectivity index (χ4n) is 4.50. The standard InChI is InChI=1S/C26H30BrN3O3/c1-28-22(16-25(31)30(26(28)32)17-20-6-4-3-5-7-20)18-29-12-10-19(11-13-29)14-21-15-23(33-2)8-9-24(21)27/h3-9,15-16,19H,10-14,17-18H2,1-2H3. The number of halogens is 1. The zero-order valence-corrected chi connectivity index (χ0v) is 20.8. The normalized spacial score (nSPS) is 15.0. The van der Waals surface area contributed by atoms with Crippen molar-refractivity contribution in [3.05, 3.63) is 96.7 Å². The summed E-state index contributed by atoms with van der Waals surface area (Å²) in [7, 11) is 3.45. The lowest BCUT2D eigenvalue weighted by Crippen LogP contribution is -2.42. The first kappa shape index (κ1) is 23.5. The zero-order chi connectivity index (χ0) is 23.4. The SMILES string of the molecule is COc1ccc(Br)c(CC2CCN(Cc3cc(=O)n(Cc4ccccc4)c(=O)n3C)CC2)c1. The first-order chi connectivity index (χ1) is 15.9. The molecular weight excluding hydrogens is 482 g/mol. The molecule has 0 unspecified atom stereocenters. The molecule has 4 rings (SSSR count). The van der Waals surface area contributed by atoms with Crippen LogP contribution in [-0.2, 0) is 26.6 Å². The second-order valence-corrected chi connectivity index (χ2v) is 9.62. The molecule has 0 saturated carbocycles. The number of aromatic nitrogens is 2. The Hall–Kier alpha value is -2.64. The molecule has 0 bridgehead atoms. The summed E-state index contributed by atoms with van der Waals surface area (Å²) in [5, 5.41) is 0. The largest absolute Gasteiger partial charge is 0.497 e. The lowest BCUT2D eigenvalue weighted by Gasteiger charge is -2.32. The van der Waals surface area contributed by atoms with Gasteiger partial charge in [0, 0.05) is 29.8 Å². The maximum Gasteiger partial charge on any atom is 0.331 e. The van der Waals surface area contributed by atoms with E-state index < -0.39 is 0 Å². The van der Waals surface area contributed by atoms with E-state index in [-0.39, 0.29) is 17.8 Å². The van der Waals surface area contributed by atoms with Crippen LogP contribution in [0.4, 0.5) is 0 Å². The van der Waals surface area contributed by atoms with Crippen LogP contribution in [0.3, 0.4) is 0 Å². The van der Waals surface area contributed by atoms with Crippen LogP contribution in [0.1, 0.15) is 29.7 Å². The molecule has 0 amide bonds. The van der Waals surface area contributed by atoms with Crippen molar-refractivity contribution < 1.29 is 4.74 Å². The minimum absolute atomic E-state index is 0.241. The maximum atomic E-state index is 12.9. The Kier molecular flexibility index (Phi) is 7.50. The predicted molar refractivity (Wildman–Crippen MR) is 134 cm³/mol. The molecule has 174 valence electrons. The monoisotopic (exact) mass is 511 g/mol. The van der Waals surface area contributed by atoms with Gasteiger partial charge in [-0.1, -0.05) is 46.3 Å². The third-order valence-electron chi connectivity index (χ3n) is 6.54. The van der Waals surface area contributed by atoms with Gasteiger partial charge in [-0.15, -0.1) is 0 Å². The highest BCUT2D eigenvalue weighted by atomic mass is 79.9. The molecule has 0 aliphatic carbocycles. The number of hydrogen-bond donors (Lipinski definition) is 0. The van der Waals surface area contributed by atoms with E-state index >= 15 is 0 Å². The Morgan fingerprint density at radius 1 is 1.00 bits per heavy atom. The highest BCUT2D eigenvalue weighted by Gasteiger charge is 2.22. The minimum Gasteiger partial charge on any atom is -0.497 e. The molecule has 1 saturated heterocycles. The molecular formula is C26H30BrN3O3. The van der Waals surface area contributed by atoms with E-state index in [0.29, 0.717) is 12.5 Å². The number of nitrogens with zero attached hydrogens (tertiary/aromatic N) is 3. The van der Waals surface area contributed by atoms with Gasteiger partial charge in [0.25, 0.3) is 5.56 Å². The highest BCUT2D eigenvalue weighted by molar-refractivity contribution is 9.10. The van der Waals surface area contributed by atoms with Gasteiger partial charge in [-0.05, 0) is 67.6 Å². The smallest absolute Gasteiger partial charge is 0.331 e. The van der Waals surface area contributed by atoms with Crippen LogP contribution < -0.4 is 16.0 Å². The highest BCUT2D eigenvalue weighted by Crippen LogP contribution is 2.29. The van der Waals surface area contributed by atoms with Crippen molar-refractivity contribution in [3.63, 3.8) is 0 Å². The quantitative estimate of drug-likeness (QED) is 0.483. The topological polar surface area (TPSA) is 56.5 Å². The predicted octanol–water partition coefficient (Wildman–Crippen LogP) is 3.82. The fourth-order valence-corrected chi connectivity index (χ4v) is 4.91. The van der Waals surface area contributed by atoms with Crippen LogP contribution in [0.25, 0.3) is 0 Å². The second kappa shape index (κ2) is 10.5. The first-order valence-electron chi connectivity index (χ1n) is 11.3. The molecule has 3 aromatic rings. The summed E-state index contributed by atoms with van der Waals surface area (Å²) in [6.45, 7) is 2.81.